The highest BCUT2D eigenvalue weighted by molar-refractivity contribution is 6.35. The molecule has 1 aromatic carbocycles. The maximum absolute atomic E-state index is 12.1. The molecule has 1 aliphatic carbocycles. The molecular formula is C15H18Cl2N2O. The first kappa shape index (κ1) is 14.2. The average molecular weight is 313 g/mol. The molecule has 1 N–H and O–H groups in total. The highest BCUT2D eigenvalue weighted by atomic mass is 35.5. The van der Waals surface area contributed by atoms with E-state index in [4.69, 9.17) is 23.2 Å². The monoisotopic (exact) mass is 312 g/mol. The lowest BCUT2D eigenvalue weighted by Crippen LogP contribution is -2.32. The van der Waals surface area contributed by atoms with Gasteiger partial charge in [-0.3, -0.25) is 9.69 Å². The van der Waals surface area contributed by atoms with Crippen LogP contribution >= 0.6 is 23.2 Å². The number of hydrogen-bond acceptors (Lipinski definition) is 2. The van der Waals surface area contributed by atoms with Gasteiger partial charge in [0.25, 0.3) is 0 Å². The van der Waals surface area contributed by atoms with Crippen molar-refractivity contribution in [2.75, 3.05) is 25.0 Å². The van der Waals surface area contributed by atoms with Gasteiger partial charge in [0.15, 0.2) is 0 Å². The van der Waals surface area contributed by atoms with E-state index in [1.165, 1.54) is 19.3 Å². The largest absolute Gasteiger partial charge is 0.325 e. The summed E-state index contributed by atoms with van der Waals surface area (Å²) in [5.74, 6) is 1.62. The smallest absolute Gasteiger partial charge is 0.238 e. The number of carbonyl (C=O) groups excluding carboxylic acids is 1. The topological polar surface area (TPSA) is 32.3 Å². The van der Waals surface area contributed by atoms with Crippen LogP contribution in [-0.4, -0.2) is 30.4 Å². The SMILES string of the molecule is O=C(CN1CC2CCCC2C1)Nc1cc(Cl)cc(Cl)c1. The Balaban J connectivity index is 1.55. The number of nitrogens with zero attached hydrogens (tertiary/aromatic N) is 1. The maximum Gasteiger partial charge on any atom is 0.238 e. The van der Waals surface area contributed by atoms with Gasteiger partial charge in [-0.1, -0.05) is 29.6 Å². The maximum atomic E-state index is 12.1. The van der Waals surface area contributed by atoms with Crippen molar-refractivity contribution in [2.24, 2.45) is 11.8 Å². The van der Waals surface area contributed by atoms with Crippen LogP contribution in [0.5, 0.6) is 0 Å². The number of carbonyl (C=O) groups is 1. The minimum Gasteiger partial charge on any atom is -0.325 e. The van der Waals surface area contributed by atoms with Crippen molar-refractivity contribution >= 4 is 34.8 Å². The van der Waals surface area contributed by atoms with E-state index in [1.54, 1.807) is 18.2 Å². The van der Waals surface area contributed by atoms with E-state index in [1.807, 2.05) is 0 Å². The van der Waals surface area contributed by atoms with Crippen LogP contribution in [0.1, 0.15) is 19.3 Å². The van der Waals surface area contributed by atoms with Gasteiger partial charge in [0.1, 0.15) is 0 Å². The fraction of sp³-hybridized carbons (Fsp3) is 0.533. The normalized spacial score (nSPS) is 25.7. The molecule has 108 valence electrons. The second-order valence-electron chi connectivity index (χ2n) is 5.85. The quantitative estimate of drug-likeness (QED) is 0.923. The molecule has 20 heavy (non-hydrogen) atoms. The van der Waals surface area contributed by atoms with E-state index in [2.05, 4.69) is 10.2 Å². The summed E-state index contributed by atoms with van der Waals surface area (Å²) in [6, 6.07) is 5.08. The number of rotatable bonds is 3. The number of likely N-dealkylation sites (tertiary alicyclic amines) is 1. The van der Waals surface area contributed by atoms with Crippen LogP contribution in [0.2, 0.25) is 10.0 Å². The number of anilines is 1. The second-order valence-corrected chi connectivity index (χ2v) is 6.72. The molecule has 5 heteroatoms. The molecule has 0 radical (unpaired) electrons. The summed E-state index contributed by atoms with van der Waals surface area (Å²) < 4.78 is 0. The Labute approximate surface area is 129 Å². The minimum absolute atomic E-state index is 0.00306. The summed E-state index contributed by atoms with van der Waals surface area (Å²) in [6.07, 6.45) is 4.01. The molecule has 2 fully saturated rings. The van der Waals surface area contributed by atoms with Crippen LogP contribution in [0.15, 0.2) is 18.2 Å². The molecular weight excluding hydrogens is 295 g/mol. The van der Waals surface area contributed by atoms with E-state index in [9.17, 15) is 4.79 Å². The third kappa shape index (κ3) is 3.27. The molecule has 1 saturated carbocycles. The van der Waals surface area contributed by atoms with Gasteiger partial charge in [-0.25, -0.2) is 0 Å². The van der Waals surface area contributed by atoms with Gasteiger partial charge in [0, 0.05) is 28.8 Å². The van der Waals surface area contributed by atoms with E-state index >= 15 is 0 Å². The molecule has 0 spiro atoms. The van der Waals surface area contributed by atoms with Gasteiger partial charge < -0.3 is 5.32 Å². The highest BCUT2D eigenvalue weighted by Gasteiger charge is 2.36. The highest BCUT2D eigenvalue weighted by Crippen LogP contribution is 2.37. The van der Waals surface area contributed by atoms with Crippen LogP contribution in [-0.2, 0) is 4.79 Å². The van der Waals surface area contributed by atoms with Crippen LogP contribution in [0, 0.1) is 11.8 Å². The summed E-state index contributed by atoms with van der Waals surface area (Å²) in [4.78, 5) is 14.3. The Morgan fingerprint density at radius 1 is 1.15 bits per heavy atom. The summed E-state index contributed by atoms with van der Waals surface area (Å²) in [7, 11) is 0. The predicted molar refractivity (Wildman–Crippen MR) is 82.4 cm³/mol. The number of amides is 1. The van der Waals surface area contributed by atoms with Gasteiger partial charge >= 0.3 is 0 Å². The molecule has 2 aliphatic rings. The third-order valence-corrected chi connectivity index (χ3v) is 4.75. The number of benzene rings is 1. The lowest BCUT2D eigenvalue weighted by molar-refractivity contribution is -0.117. The van der Waals surface area contributed by atoms with Gasteiger partial charge in [0.05, 0.1) is 6.54 Å². The van der Waals surface area contributed by atoms with Crippen molar-refractivity contribution in [1.82, 2.24) is 4.90 Å². The summed E-state index contributed by atoms with van der Waals surface area (Å²) in [5.41, 5.74) is 0.659. The standard InChI is InChI=1S/C15H18Cl2N2O/c16-12-4-13(17)6-14(5-12)18-15(20)9-19-7-10-2-1-3-11(10)8-19/h4-6,10-11H,1-3,7-9H2,(H,18,20). The van der Waals surface area contributed by atoms with E-state index < -0.39 is 0 Å². The fourth-order valence-corrected chi connectivity index (χ4v) is 4.02. The Kier molecular flexibility index (Phi) is 4.20. The first-order valence-electron chi connectivity index (χ1n) is 7.08. The lowest BCUT2D eigenvalue weighted by Gasteiger charge is -2.16. The summed E-state index contributed by atoms with van der Waals surface area (Å²) in [5, 5.41) is 3.93. The zero-order valence-corrected chi connectivity index (χ0v) is 12.8. The van der Waals surface area contributed by atoms with Gasteiger partial charge in [-0.05, 0) is 42.9 Å². The first-order valence-corrected chi connectivity index (χ1v) is 7.84. The zero-order valence-electron chi connectivity index (χ0n) is 11.2. The van der Waals surface area contributed by atoms with E-state index in [-0.39, 0.29) is 5.91 Å². The molecule has 1 amide bonds. The van der Waals surface area contributed by atoms with Crippen LogP contribution in [0.3, 0.4) is 0 Å². The van der Waals surface area contributed by atoms with Gasteiger partial charge in [-0.2, -0.15) is 0 Å². The van der Waals surface area contributed by atoms with Gasteiger partial charge in [0.2, 0.25) is 5.91 Å². The minimum atomic E-state index is 0.00306. The lowest BCUT2D eigenvalue weighted by atomic mass is 10.0. The molecule has 2 unspecified atom stereocenters. The molecule has 1 aromatic rings. The number of nitrogens with one attached hydrogen (secondary N) is 1. The molecule has 1 heterocycles. The first-order chi connectivity index (χ1) is 9.60. The van der Waals surface area contributed by atoms with Crippen molar-refractivity contribution in [3.05, 3.63) is 28.2 Å². The zero-order chi connectivity index (χ0) is 14.1. The van der Waals surface area contributed by atoms with Gasteiger partial charge in [-0.15, -0.1) is 0 Å². The van der Waals surface area contributed by atoms with E-state index in [0.29, 0.717) is 22.3 Å². The predicted octanol–water partition coefficient (Wildman–Crippen LogP) is 3.66. The van der Waals surface area contributed by atoms with Crippen LogP contribution in [0.4, 0.5) is 5.69 Å². The Morgan fingerprint density at radius 3 is 2.35 bits per heavy atom. The van der Waals surface area contributed by atoms with Crippen LogP contribution < -0.4 is 5.32 Å². The Bertz CT molecular complexity index is 488. The molecule has 2 atom stereocenters. The van der Waals surface area contributed by atoms with Crippen molar-refractivity contribution < 1.29 is 4.79 Å². The molecule has 3 rings (SSSR count). The number of halogens is 2. The summed E-state index contributed by atoms with van der Waals surface area (Å²) in [6.45, 7) is 2.58. The molecule has 0 aromatic heterocycles. The van der Waals surface area contributed by atoms with Crippen LogP contribution in [0.25, 0.3) is 0 Å². The molecule has 3 nitrogen and oxygen atoms in total. The number of hydrogen-bond donors (Lipinski definition) is 1. The molecule has 0 bridgehead atoms. The van der Waals surface area contributed by atoms with Crippen molar-refractivity contribution in [1.29, 1.82) is 0 Å². The van der Waals surface area contributed by atoms with Crippen molar-refractivity contribution in [3.63, 3.8) is 0 Å². The molecule has 1 aliphatic heterocycles. The summed E-state index contributed by atoms with van der Waals surface area (Å²) >= 11 is 11.8. The second kappa shape index (κ2) is 5.92. The van der Waals surface area contributed by atoms with Crippen molar-refractivity contribution in [2.45, 2.75) is 19.3 Å². The van der Waals surface area contributed by atoms with E-state index in [0.717, 1.165) is 24.9 Å². The van der Waals surface area contributed by atoms with Crippen molar-refractivity contribution in [3.8, 4) is 0 Å². The fourth-order valence-electron chi connectivity index (χ4n) is 3.49. The average Bonchev–Trinajstić information content (AvgIpc) is 2.87. The number of fused-ring (bicyclic) bond motifs is 1. The Morgan fingerprint density at radius 2 is 1.75 bits per heavy atom. The Hall–Kier alpha value is -0.770. The third-order valence-electron chi connectivity index (χ3n) is 4.32. The molecule has 1 saturated heterocycles.